The maximum atomic E-state index is 14.1. The van der Waals surface area contributed by atoms with Crippen LogP contribution >= 0.6 is 0 Å². The number of hydrogen-bond donors (Lipinski definition) is 2. The fraction of sp³-hybridized carbons (Fsp3) is 0.286. The normalized spacial score (nSPS) is 20.4. The van der Waals surface area contributed by atoms with Crippen LogP contribution in [0.4, 0.5) is 10.1 Å². The number of amides is 1. The summed E-state index contributed by atoms with van der Waals surface area (Å²) in [4.78, 5) is 26.6. The highest BCUT2D eigenvalue weighted by Gasteiger charge is 2.34. The summed E-state index contributed by atoms with van der Waals surface area (Å²) >= 11 is 0. The largest absolute Gasteiger partial charge is 0.479 e. The minimum atomic E-state index is -1.09. The summed E-state index contributed by atoms with van der Waals surface area (Å²) in [5.74, 6) is -2.17. The highest BCUT2D eigenvalue weighted by Crippen LogP contribution is 2.22. The number of aliphatic carboxylic acids is 1. The van der Waals surface area contributed by atoms with Crippen molar-refractivity contribution in [2.45, 2.75) is 25.0 Å². The monoisotopic (exact) mass is 320 g/mol. The lowest BCUT2D eigenvalue weighted by atomic mass is 10.2. The third-order valence-corrected chi connectivity index (χ3v) is 3.47. The first-order valence-electron chi connectivity index (χ1n) is 6.88. The summed E-state index contributed by atoms with van der Waals surface area (Å²) in [6.45, 7) is 0. The molecule has 1 aliphatic heterocycles. The second kappa shape index (κ2) is 6.13. The van der Waals surface area contributed by atoms with Crippen molar-refractivity contribution in [1.82, 2.24) is 14.8 Å². The molecule has 2 N–H and O–H groups in total. The van der Waals surface area contributed by atoms with E-state index in [1.54, 1.807) is 0 Å². The summed E-state index contributed by atoms with van der Waals surface area (Å²) in [5, 5.41) is 15.2. The first kappa shape index (κ1) is 15.1. The van der Waals surface area contributed by atoms with Crippen LogP contribution in [0, 0.1) is 5.82 Å². The van der Waals surface area contributed by atoms with Gasteiger partial charge in [0.1, 0.15) is 24.4 Å². The Labute approximate surface area is 129 Å². The number of halogens is 1. The number of hydrogen-bond acceptors (Lipinski definition) is 5. The molecule has 0 saturated carbocycles. The van der Waals surface area contributed by atoms with Crippen molar-refractivity contribution >= 4 is 17.6 Å². The highest BCUT2D eigenvalue weighted by atomic mass is 19.1. The van der Waals surface area contributed by atoms with Crippen molar-refractivity contribution in [2.75, 3.05) is 5.32 Å². The van der Waals surface area contributed by atoms with E-state index in [9.17, 15) is 14.0 Å². The van der Waals surface area contributed by atoms with E-state index in [1.807, 2.05) is 0 Å². The van der Waals surface area contributed by atoms with E-state index in [0.29, 0.717) is 6.42 Å². The fourth-order valence-electron chi connectivity index (χ4n) is 2.34. The molecule has 8 nitrogen and oxygen atoms in total. The molecule has 0 spiro atoms. The summed E-state index contributed by atoms with van der Waals surface area (Å²) in [6.07, 6.45) is 1.39. The molecule has 0 aliphatic carbocycles. The molecule has 2 atom stereocenters. The minimum absolute atomic E-state index is 0.198. The van der Waals surface area contributed by atoms with Gasteiger partial charge < -0.3 is 15.2 Å². The van der Waals surface area contributed by atoms with Crippen LogP contribution in [0.5, 0.6) is 0 Å². The number of ether oxygens (including phenoxy) is 1. The third-order valence-electron chi connectivity index (χ3n) is 3.47. The Morgan fingerprint density at radius 1 is 1.35 bits per heavy atom. The third kappa shape index (κ3) is 3.19. The fourth-order valence-corrected chi connectivity index (χ4v) is 2.34. The number of carbonyl (C=O) groups is 2. The van der Waals surface area contributed by atoms with Crippen molar-refractivity contribution in [3.63, 3.8) is 0 Å². The minimum Gasteiger partial charge on any atom is -0.479 e. The van der Waals surface area contributed by atoms with Crippen molar-refractivity contribution in [2.24, 2.45) is 0 Å². The van der Waals surface area contributed by atoms with Gasteiger partial charge in [-0.05, 0) is 31.0 Å². The van der Waals surface area contributed by atoms with E-state index < -0.39 is 29.9 Å². The predicted molar refractivity (Wildman–Crippen MR) is 75.5 cm³/mol. The maximum absolute atomic E-state index is 14.1. The van der Waals surface area contributed by atoms with Gasteiger partial charge in [-0.3, -0.25) is 4.79 Å². The molecule has 0 unspecified atom stereocenters. The van der Waals surface area contributed by atoms with Crippen molar-refractivity contribution in [3.8, 4) is 5.69 Å². The molecule has 1 amide bonds. The lowest BCUT2D eigenvalue weighted by Crippen LogP contribution is -2.30. The zero-order valence-corrected chi connectivity index (χ0v) is 11.8. The molecule has 2 aromatic rings. The van der Waals surface area contributed by atoms with Crippen LogP contribution < -0.4 is 5.32 Å². The molecule has 9 heteroatoms. The van der Waals surface area contributed by atoms with E-state index in [0.717, 1.165) is 6.07 Å². The second-order valence-corrected chi connectivity index (χ2v) is 5.02. The van der Waals surface area contributed by atoms with Gasteiger partial charge in [0.05, 0.1) is 0 Å². The molecule has 1 aromatic carbocycles. The lowest BCUT2D eigenvalue weighted by Gasteiger charge is -2.12. The first-order valence-corrected chi connectivity index (χ1v) is 6.88. The topological polar surface area (TPSA) is 106 Å². The van der Waals surface area contributed by atoms with Crippen LogP contribution in [0.15, 0.2) is 30.9 Å². The Kier molecular flexibility index (Phi) is 4.02. The van der Waals surface area contributed by atoms with Crippen molar-refractivity contribution < 1.29 is 23.8 Å². The van der Waals surface area contributed by atoms with Gasteiger partial charge in [-0.2, -0.15) is 5.10 Å². The van der Waals surface area contributed by atoms with E-state index in [2.05, 4.69) is 15.4 Å². The number of aromatic nitrogens is 3. The molecule has 1 saturated heterocycles. The van der Waals surface area contributed by atoms with E-state index >= 15 is 0 Å². The van der Waals surface area contributed by atoms with Gasteiger partial charge in [0.2, 0.25) is 0 Å². The Bertz CT molecular complexity index is 734. The van der Waals surface area contributed by atoms with Crippen LogP contribution in [0.3, 0.4) is 0 Å². The summed E-state index contributed by atoms with van der Waals surface area (Å²) in [6, 6.07) is 4.12. The number of rotatable bonds is 4. The van der Waals surface area contributed by atoms with Gasteiger partial charge in [0.25, 0.3) is 5.91 Å². The molecule has 0 radical (unpaired) electrons. The number of nitrogens with one attached hydrogen (secondary N) is 1. The Morgan fingerprint density at radius 2 is 2.13 bits per heavy atom. The van der Waals surface area contributed by atoms with Gasteiger partial charge in [0.15, 0.2) is 11.9 Å². The average Bonchev–Trinajstić information content (AvgIpc) is 3.19. The molecule has 3 rings (SSSR count). The molecule has 0 bridgehead atoms. The standard InChI is InChI=1S/C14H13FN4O4/c15-9-5-8(1-2-10(9)19-7-16-6-17-19)18-13(20)11-3-4-12(23-11)14(21)22/h1-2,5-7,11-12H,3-4H2,(H,18,20)(H,21,22)/t11-,12+/m0/s1. The van der Waals surface area contributed by atoms with Crippen molar-refractivity contribution in [3.05, 3.63) is 36.7 Å². The van der Waals surface area contributed by atoms with Crippen LogP contribution in [-0.2, 0) is 14.3 Å². The van der Waals surface area contributed by atoms with E-state index in [4.69, 9.17) is 9.84 Å². The van der Waals surface area contributed by atoms with Gasteiger partial charge in [0, 0.05) is 5.69 Å². The molecule has 120 valence electrons. The molecule has 1 fully saturated rings. The Hall–Kier alpha value is -2.81. The number of nitrogens with zero attached hydrogens (tertiary/aromatic N) is 3. The Morgan fingerprint density at radius 3 is 2.74 bits per heavy atom. The maximum Gasteiger partial charge on any atom is 0.332 e. The van der Waals surface area contributed by atoms with E-state index in [-0.39, 0.29) is 17.8 Å². The van der Waals surface area contributed by atoms with Gasteiger partial charge in [-0.1, -0.05) is 0 Å². The van der Waals surface area contributed by atoms with E-state index in [1.165, 1.54) is 29.5 Å². The molecule has 2 heterocycles. The van der Waals surface area contributed by atoms with Crippen LogP contribution in [-0.4, -0.2) is 44.0 Å². The lowest BCUT2D eigenvalue weighted by molar-refractivity contribution is -0.150. The molecule has 1 aliphatic rings. The van der Waals surface area contributed by atoms with Crippen molar-refractivity contribution in [1.29, 1.82) is 0 Å². The summed E-state index contributed by atoms with van der Waals surface area (Å²) < 4.78 is 20.5. The van der Waals surface area contributed by atoms with Gasteiger partial charge >= 0.3 is 5.97 Å². The molecule has 23 heavy (non-hydrogen) atoms. The number of carbonyl (C=O) groups excluding carboxylic acids is 1. The summed E-state index contributed by atoms with van der Waals surface area (Å²) in [5.41, 5.74) is 0.447. The van der Waals surface area contributed by atoms with Gasteiger partial charge in [-0.25, -0.2) is 18.9 Å². The molecular weight excluding hydrogens is 307 g/mol. The number of carboxylic acids is 1. The summed E-state index contributed by atoms with van der Waals surface area (Å²) in [7, 11) is 0. The van der Waals surface area contributed by atoms with Gasteiger partial charge in [-0.15, -0.1) is 0 Å². The molecule has 1 aromatic heterocycles. The quantitative estimate of drug-likeness (QED) is 0.869. The smallest absolute Gasteiger partial charge is 0.332 e. The predicted octanol–water partition coefficient (Wildman–Crippen LogP) is 0.977. The first-order chi connectivity index (χ1) is 11.0. The van der Waals surface area contributed by atoms with Crippen LogP contribution in [0.2, 0.25) is 0 Å². The average molecular weight is 320 g/mol. The Balaban J connectivity index is 1.68. The SMILES string of the molecule is O=C(Nc1ccc(-n2cncn2)c(F)c1)[C@@H]1CC[C@H](C(=O)O)O1. The van der Waals surface area contributed by atoms with Crippen LogP contribution in [0.1, 0.15) is 12.8 Å². The zero-order chi connectivity index (χ0) is 16.4. The zero-order valence-electron chi connectivity index (χ0n) is 11.8. The second-order valence-electron chi connectivity index (χ2n) is 5.02. The number of carboxylic acid groups (broad SMARTS) is 1. The van der Waals surface area contributed by atoms with Crippen LogP contribution in [0.25, 0.3) is 5.69 Å². The number of anilines is 1. The highest BCUT2D eigenvalue weighted by molar-refractivity contribution is 5.94. The molecular formula is C14H13FN4O4. The number of benzene rings is 1.